The van der Waals surface area contributed by atoms with Gasteiger partial charge in [0.1, 0.15) is 0 Å². The summed E-state index contributed by atoms with van der Waals surface area (Å²) >= 11 is 0. The van der Waals surface area contributed by atoms with Gasteiger partial charge in [0.2, 0.25) is 0 Å². The molecule has 1 aromatic rings. The maximum Gasteiger partial charge on any atom is -0.0253 e. The van der Waals surface area contributed by atoms with Gasteiger partial charge in [-0.25, -0.2) is 0 Å². The first kappa shape index (κ1) is 12.3. The first-order chi connectivity index (χ1) is 7.08. The van der Waals surface area contributed by atoms with Crippen LogP contribution >= 0.6 is 0 Å². The molecule has 0 aromatic heterocycles. The molecule has 0 aliphatic rings. The van der Waals surface area contributed by atoms with Gasteiger partial charge >= 0.3 is 0 Å². The molecular formula is C15H24. The van der Waals surface area contributed by atoms with E-state index in [-0.39, 0.29) is 0 Å². The van der Waals surface area contributed by atoms with Gasteiger partial charge in [-0.15, -0.1) is 0 Å². The molecule has 15 heavy (non-hydrogen) atoms. The van der Waals surface area contributed by atoms with Gasteiger partial charge in [-0.2, -0.15) is 0 Å². The van der Waals surface area contributed by atoms with Gasteiger partial charge in [0, 0.05) is 0 Å². The fraction of sp³-hybridized carbons (Fsp3) is 0.600. The number of hydrogen-bond donors (Lipinski definition) is 0. The van der Waals surface area contributed by atoms with Crippen LogP contribution in [0.3, 0.4) is 0 Å². The second kappa shape index (κ2) is 5.34. The minimum atomic E-state index is 0.751. The third kappa shape index (κ3) is 3.09. The Kier molecular flexibility index (Phi) is 4.38. The Morgan fingerprint density at radius 2 is 1.47 bits per heavy atom. The first-order valence-electron chi connectivity index (χ1n) is 6.19. The van der Waals surface area contributed by atoms with E-state index in [4.69, 9.17) is 0 Å². The zero-order valence-electron chi connectivity index (χ0n) is 10.9. The maximum atomic E-state index is 2.42. The molecule has 0 bridgehead atoms. The van der Waals surface area contributed by atoms with E-state index >= 15 is 0 Å². The van der Waals surface area contributed by atoms with Crippen LogP contribution in [0.2, 0.25) is 0 Å². The molecule has 0 atom stereocenters. The van der Waals surface area contributed by atoms with Crippen LogP contribution in [-0.2, 0) is 19.3 Å². The average molecular weight is 204 g/mol. The molecule has 0 fully saturated rings. The fourth-order valence-electron chi connectivity index (χ4n) is 2.18. The van der Waals surface area contributed by atoms with Crippen molar-refractivity contribution in [3.8, 4) is 0 Å². The largest absolute Gasteiger partial charge is 0.0625 e. The van der Waals surface area contributed by atoms with Gasteiger partial charge in [-0.3, -0.25) is 0 Å². The second-order valence-electron chi connectivity index (χ2n) is 4.85. The van der Waals surface area contributed by atoms with Crippen LogP contribution in [0.4, 0.5) is 0 Å². The molecule has 0 aliphatic heterocycles. The molecule has 0 heteroatoms. The predicted octanol–water partition coefficient (Wildman–Crippen LogP) is 4.32. The van der Waals surface area contributed by atoms with Crippen LogP contribution < -0.4 is 0 Å². The Hall–Kier alpha value is -0.780. The molecule has 0 saturated carbocycles. The predicted molar refractivity (Wildman–Crippen MR) is 68.5 cm³/mol. The summed E-state index contributed by atoms with van der Waals surface area (Å²) in [5.74, 6) is 0.751. The molecule has 0 spiro atoms. The monoisotopic (exact) mass is 204 g/mol. The molecule has 0 saturated heterocycles. The van der Waals surface area contributed by atoms with Crippen LogP contribution in [0, 0.1) is 12.8 Å². The quantitative estimate of drug-likeness (QED) is 0.685. The molecule has 0 radical (unpaired) electrons. The van der Waals surface area contributed by atoms with E-state index in [1.807, 2.05) is 0 Å². The lowest BCUT2D eigenvalue weighted by Gasteiger charge is -2.14. The van der Waals surface area contributed by atoms with Crippen LogP contribution in [0.5, 0.6) is 0 Å². The van der Waals surface area contributed by atoms with E-state index in [1.165, 1.54) is 17.5 Å². The Morgan fingerprint density at radius 3 is 1.93 bits per heavy atom. The Balaban J connectivity index is 3.08. The van der Waals surface area contributed by atoms with Crippen LogP contribution in [-0.4, -0.2) is 0 Å². The summed E-state index contributed by atoms with van der Waals surface area (Å²) < 4.78 is 0. The highest BCUT2D eigenvalue weighted by Gasteiger charge is 2.06. The van der Waals surface area contributed by atoms with Crippen molar-refractivity contribution in [3.05, 3.63) is 34.4 Å². The fourth-order valence-corrected chi connectivity index (χ4v) is 2.18. The zero-order valence-corrected chi connectivity index (χ0v) is 10.9. The molecule has 0 unspecified atom stereocenters. The van der Waals surface area contributed by atoms with Crippen LogP contribution in [0.15, 0.2) is 12.1 Å². The van der Waals surface area contributed by atoms with Crippen molar-refractivity contribution in [1.82, 2.24) is 0 Å². The summed E-state index contributed by atoms with van der Waals surface area (Å²) in [4.78, 5) is 0. The molecule has 1 aromatic carbocycles. The van der Waals surface area contributed by atoms with Crippen molar-refractivity contribution in [2.75, 3.05) is 0 Å². The third-order valence-electron chi connectivity index (χ3n) is 3.05. The van der Waals surface area contributed by atoms with Gasteiger partial charge in [-0.05, 0) is 54.4 Å². The summed E-state index contributed by atoms with van der Waals surface area (Å²) in [5, 5.41) is 0. The normalized spacial score (nSPS) is 11.1. The molecular weight excluding hydrogens is 180 g/mol. The second-order valence-corrected chi connectivity index (χ2v) is 4.85. The third-order valence-corrected chi connectivity index (χ3v) is 3.05. The van der Waals surface area contributed by atoms with Crippen molar-refractivity contribution in [1.29, 1.82) is 0 Å². The smallest absolute Gasteiger partial charge is 0.0253 e. The number of rotatable bonds is 4. The van der Waals surface area contributed by atoms with E-state index in [1.54, 1.807) is 11.1 Å². The summed E-state index contributed by atoms with van der Waals surface area (Å²) in [6.07, 6.45) is 3.53. The SMILES string of the molecule is CCc1cc(C)c(CC(C)C)cc1CC. The molecule has 0 heterocycles. The van der Waals surface area contributed by atoms with Crippen molar-refractivity contribution >= 4 is 0 Å². The van der Waals surface area contributed by atoms with E-state index in [0.717, 1.165) is 18.8 Å². The summed E-state index contributed by atoms with van der Waals surface area (Å²) in [5.41, 5.74) is 6.08. The summed E-state index contributed by atoms with van der Waals surface area (Å²) in [6, 6.07) is 4.81. The summed E-state index contributed by atoms with van der Waals surface area (Å²) in [6.45, 7) is 11.3. The number of benzene rings is 1. The minimum absolute atomic E-state index is 0.751. The molecule has 0 nitrogen and oxygen atoms in total. The van der Waals surface area contributed by atoms with E-state index in [0.29, 0.717) is 0 Å². The Labute approximate surface area is 94.7 Å². The molecule has 0 aliphatic carbocycles. The summed E-state index contributed by atoms with van der Waals surface area (Å²) in [7, 11) is 0. The van der Waals surface area contributed by atoms with Crippen molar-refractivity contribution < 1.29 is 0 Å². The lowest BCUT2D eigenvalue weighted by atomic mass is 9.92. The lowest BCUT2D eigenvalue weighted by Crippen LogP contribution is -2.01. The lowest BCUT2D eigenvalue weighted by molar-refractivity contribution is 0.644. The molecule has 1 rings (SSSR count). The standard InChI is InChI=1S/C15H24/c1-6-13-9-12(5)15(8-11(3)4)10-14(13)7-2/h9-11H,6-8H2,1-5H3. The number of hydrogen-bond acceptors (Lipinski definition) is 0. The van der Waals surface area contributed by atoms with Crippen LogP contribution in [0.1, 0.15) is 49.9 Å². The van der Waals surface area contributed by atoms with E-state index in [9.17, 15) is 0 Å². The average Bonchev–Trinajstić information content (AvgIpc) is 2.19. The van der Waals surface area contributed by atoms with Gasteiger partial charge < -0.3 is 0 Å². The highest BCUT2D eigenvalue weighted by Crippen LogP contribution is 2.20. The molecule has 84 valence electrons. The van der Waals surface area contributed by atoms with Gasteiger partial charge in [0.05, 0.1) is 0 Å². The Morgan fingerprint density at radius 1 is 0.933 bits per heavy atom. The topological polar surface area (TPSA) is 0 Å². The van der Waals surface area contributed by atoms with Gasteiger partial charge in [0.15, 0.2) is 0 Å². The zero-order chi connectivity index (χ0) is 11.4. The van der Waals surface area contributed by atoms with Crippen molar-refractivity contribution in [2.45, 2.75) is 53.9 Å². The van der Waals surface area contributed by atoms with Crippen LogP contribution in [0.25, 0.3) is 0 Å². The van der Waals surface area contributed by atoms with Crippen molar-refractivity contribution in [3.63, 3.8) is 0 Å². The first-order valence-corrected chi connectivity index (χ1v) is 6.19. The van der Waals surface area contributed by atoms with Gasteiger partial charge in [0.25, 0.3) is 0 Å². The van der Waals surface area contributed by atoms with E-state index < -0.39 is 0 Å². The maximum absolute atomic E-state index is 2.42. The van der Waals surface area contributed by atoms with Crippen molar-refractivity contribution in [2.24, 2.45) is 5.92 Å². The van der Waals surface area contributed by atoms with E-state index in [2.05, 4.69) is 46.8 Å². The highest BCUT2D eigenvalue weighted by molar-refractivity contribution is 5.38. The molecule has 0 amide bonds. The highest BCUT2D eigenvalue weighted by atomic mass is 14.1. The Bertz CT molecular complexity index is 321. The molecule has 0 N–H and O–H groups in total. The number of aryl methyl sites for hydroxylation is 3. The van der Waals surface area contributed by atoms with Gasteiger partial charge in [-0.1, -0.05) is 39.8 Å². The minimum Gasteiger partial charge on any atom is -0.0625 e.